The molecule has 0 radical (unpaired) electrons. The average Bonchev–Trinajstić information content (AvgIpc) is 3.37. The molecule has 0 saturated carbocycles. The first kappa shape index (κ1) is 18.8. The van der Waals surface area contributed by atoms with E-state index in [0.717, 1.165) is 11.1 Å². The molecule has 0 aliphatic rings. The van der Waals surface area contributed by atoms with Crippen molar-refractivity contribution in [1.82, 2.24) is 24.8 Å². The largest absolute Gasteiger partial charge is 0.395 e. The maximum atomic E-state index is 12.8. The van der Waals surface area contributed by atoms with Crippen LogP contribution in [0.1, 0.15) is 21.9 Å². The summed E-state index contributed by atoms with van der Waals surface area (Å²) < 4.78 is 6.96. The van der Waals surface area contributed by atoms with E-state index in [2.05, 4.69) is 25.8 Å². The Hall–Kier alpha value is -3.56. The van der Waals surface area contributed by atoms with Crippen LogP contribution in [0.25, 0.3) is 17.0 Å². The zero-order chi connectivity index (χ0) is 20.2. The highest BCUT2D eigenvalue weighted by Gasteiger charge is 2.15. The minimum Gasteiger partial charge on any atom is -0.395 e. The van der Waals surface area contributed by atoms with E-state index < -0.39 is 0 Å². The van der Waals surface area contributed by atoms with Gasteiger partial charge in [-0.25, -0.2) is 4.98 Å². The molecule has 4 rings (SSSR count). The summed E-state index contributed by atoms with van der Waals surface area (Å²) in [6.45, 7) is 2.77. The summed E-state index contributed by atoms with van der Waals surface area (Å²) in [5.41, 5.74) is 3.44. The topological polar surface area (TPSA) is 118 Å². The van der Waals surface area contributed by atoms with Crippen LogP contribution >= 0.6 is 0 Å². The lowest BCUT2D eigenvalue weighted by Crippen LogP contribution is -2.17. The van der Waals surface area contributed by atoms with Gasteiger partial charge in [-0.1, -0.05) is 23.4 Å². The van der Waals surface area contributed by atoms with Crippen molar-refractivity contribution in [1.29, 1.82) is 0 Å². The monoisotopic (exact) mass is 392 g/mol. The van der Waals surface area contributed by atoms with Crippen molar-refractivity contribution in [2.75, 3.05) is 18.5 Å². The molecule has 0 saturated heterocycles. The molecule has 29 heavy (non-hydrogen) atoms. The lowest BCUT2D eigenvalue weighted by molar-refractivity contribution is 0.102. The lowest BCUT2D eigenvalue weighted by atomic mass is 10.1. The Morgan fingerprint density at radius 3 is 3.03 bits per heavy atom. The maximum absolute atomic E-state index is 12.8. The Kier molecular flexibility index (Phi) is 5.32. The third-order valence-corrected chi connectivity index (χ3v) is 4.43. The highest BCUT2D eigenvalue weighted by Crippen LogP contribution is 2.24. The molecule has 148 valence electrons. The summed E-state index contributed by atoms with van der Waals surface area (Å²) in [4.78, 5) is 21.4. The van der Waals surface area contributed by atoms with E-state index in [1.54, 1.807) is 16.8 Å². The van der Waals surface area contributed by atoms with Crippen LogP contribution in [-0.4, -0.2) is 43.7 Å². The number of pyridine rings is 1. The molecule has 0 spiro atoms. The Labute approximate surface area is 166 Å². The number of anilines is 1. The van der Waals surface area contributed by atoms with Crippen molar-refractivity contribution in [2.24, 2.45) is 0 Å². The number of aromatic nitrogens is 4. The summed E-state index contributed by atoms with van der Waals surface area (Å²) in [6.07, 6.45) is 3.35. The van der Waals surface area contributed by atoms with E-state index in [1.807, 2.05) is 43.3 Å². The van der Waals surface area contributed by atoms with Crippen LogP contribution in [0.3, 0.4) is 0 Å². The van der Waals surface area contributed by atoms with Gasteiger partial charge < -0.3 is 20.3 Å². The van der Waals surface area contributed by atoms with E-state index in [4.69, 9.17) is 9.63 Å². The second-order valence-corrected chi connectivity index (χ2v) is 6.47. The smallest absolute Gasteiger partial charge is 0.274 e. The van der Waals surface area contributed by atoms with E-state index in [9.17, 15) is 4.79 Å². The zero-order valence-corrected chi connectivity index (χ0v) is 15.8. The lowest BCUT2D eigenvalue weighted by Gasteiger charge is -2.09. The fourth-order valence-corrected chi connectivity index (χ4v) is 2.90. The molecule has 0 fully saturated rings. The number of aryl methyl sites for hydroxylation is 1. The molecule has 3 heterocycles. The van der Waals surface area contributed by atoms with Crippen molar-refractivity contribution >= 4 is 17.2 Å². The average molecular weight is 392 g/mol. The normalized spacial score (nSPS) is 11.1. The number of carbonyl (C=O) groups is 1. The van der Waals surface area contributed by atoms with Gasteiger partial charge in [-0.2, -0.15) is 4.98 Å². The molecule has 0 bridgehead atoms. The van der Waals surface area contributed by atoms with Gasteiger partial charge in [0.25, 0.3) is 5.91 Å². The van der Waals surface area contributed by atoms with Gasteiger partial charge in [-0.15, -0.1) is 0 Å². The van der Waals surface area contributed by atoms with Crippen LogP contribution in [0.2, 0.25) is 0 Å². The fraction of sp³-hybridized carbons (Fsp3) is 0.200. The van der Waals surface area contributed by atoms with Gasteiger partial charge in [0.2, 0.25) is 11.7 Å². The number of hydrogen-bond donors (Lipinski definition) is 3. The summed E-state index contributed by atoms with van der Waals surface area (Å²) in [7, 11) is 0. The maximum Gasteiger partial charge on any atom is 0.274 e. The predicted molar refractivity (Wildman–Crippen MR) is 106 cm³/mol. The van der Waals surface area contributed by atoms with Gasteiger partial charge in [0.1, 0.15) is 11.3 Å². The van der Waals surface area contributed by atoms with Crippen molar-refractivity contribution in [3.05, 3.63) is 65.9 Å². The summed E-state index contributed by atoms with van der Waals surface area (Å²) in [5, 5.41) is 18.7. The molecule has 3 N–H and O–H groups in total. The van der Waals surface area contributed by atoms with Crippen LogP contribution in [0.5, 0.6) is 0 Å². The highest BCUT2D eigenvalue weighted by atomic mass is 16.5. The molecule has 3 aromatic heterocycles. The van der Waals surface area contributed by atoms with Gasteiger partial charge in [-0.05, 0) is 30.7 Å². The van der Waals surface area contributed by atoms with Crippen molar-refractivity contribution in [3.63, 3.8) is 0 Å². The minimum atomic E-state index is -0.258. The number of nitrogens with one attached hydrogen (secondary N) is 2. The summed E-state index contributed by atoms with van der Waals surface area (Å²) >= 11 is 0. The molecular weight excluding hydrogens is 372 g/mol. The molecule has 0 aliphatic heterocycles. The third kappa shape index (κ3) is 4.00. The number of aliphatic hydroxyl groups excluding tert-OH is 1. The molecule has 9 heteroatoms. The zero-order valence-electron chi connectivity index (χ0n) is 15.8. The van der Waals surface area contributed by atoms with Gasteiger partial charge in [0.05, 0.1) is 19.3 Å². The molecule has 0 aliphatic carbocycles. The van der Waals surface area contributed by atoms with E-state index >= 15 is 0 Å². The SMILES string of the molecule is Cc1ccc(-c2noc(CNCCO)n2)cc1NC(=O)c1cnc2ccccn12. The number of nitrogens with zero attached hydrogens (tertiary/aromatic N) is 4. The third-order valence-electron chi connectivity index (χ3n) is 4.43. The number of fused-ring (bicyclic) bond motifs is 1. The quantitative estimate of drug-likeness (QED) is 0.412. The predicted octanol–water partition coefficient (Wildman–Crippen LogP) is 2.03. The summed E-state index contributed by atoms with van der Waals surface area (Å²) in [6, 6.07) is 11.1. The Morgan fingerprint density at radius 1 is 1.28 bits per heavy atom. The second kappa shape index (κ2) is 8.21. The van der Waals surface area contributed by atoms with Crippen molar-refractivity contribution < 1.29 is 14.4 Å². The van der Waals surface area contributed by atoms with E-state index in [1.165, 1.54) is 0 Å². The number of carbonyl (C=O) groups excluding carboxylic acids is 1. The molecule has 0 unspecified atom stereocenters. The van der Waals surface area contributed by atoms with Gasteiger partial charge in [-0.3, -0.25) is 9.20 Å². The first-order chi connectivity index (χ1) is 14.2. The number of hydrogen-bond acceptors (Lipinski definition) is 7. The first-order valence-electron chi connectivity index (χ1n) is 9.14. The van der Waals surface area contributed by atoms with Crippen molar-refractivity contribution in [3.8, 4) is 11.4 Å². The number of amides is 1. The second-order valence-electron chi connectivity index (χ2n) is 6.47. The van der Waals surface area contributed by atoms with Crippen molar-refractivity contribution in [2.45, 2.75) is 13.5 Å². The highest BCUT2D eigenvalue weighted by molar-refractivity contribution is 6.04. The molecule has 4 aromatic rings. The number of aliphatic hydroxyl groups is 1. The van der Waals surface area contributed by atoms with Crippen LogP contribution in [0.15, 0.2) is 53.3 Å². The van der Waals surface area contributed by atoms with Gasteiger partial charge in [0.15, 0.2) is 0 Å². The molecule has 1 amide bonds. The van der Waals surface area contributed by atoms with E-state index in [0.29, 0.717) is 41.8 Å². The van der Waals surface area contributed by atoms with Crippen LogP contribution < -0.4 is 10.6 Å². The molecule has 1 aromatic carbocycles. The number of imidazole rings is 1. The van der Waals surface area contributed by atoms with E-state index in [-0.39, 0.29) is 12.5 Å². The van der Waals surface area contributed by atoms with Crippen LogP contribution in [-0.2, 0) is 6.54 Å². The van der Waals surface area contributed by atoms with Crippen LogP contribution in [0, 0.1) is 6.92 Å². The van der Waals surface area contributed by atoms with Gasteiger partial charge >= 0.3 is 0 Å². The van der Waals surface area contributed by atoms with Crippen LogP contribution in [0.4, 0.5) is 5.69 Å². The standard InChI is InChI=1S/C20H20N6O3/c1-13-5-6-14(19-24-18(29-25-19)12-21-7-9-27)10-15(13)23-20(28)16-11-22-17-4-2-3-8-26(16)17/h2-6,8,10-11,21,27H,7,9,12H2,1H3,(H,23,28). The molecular formula is C20H20N6O3. The molecule has 0 atom stereocenters. The van der Waals surface area contributed by atoms with Gasteiger partial charge in [0, 0.05) is 24.0 Å². The Balaban J connectivity index is 1.55. The number of benzene rings is 1. The first-order valence-corrected chi connectivity index (χ1v) is 9.14. The fourth-order valence-electron chi connectivity index (χ4n) is 2.90. The number of rotatable bonds is 7. The Morgan fingerprint density at radius 2 is 2.17 bits per heavy atom. The molecule has 9 nitrogen and oxygen atoms in total. The Bertz CT molecular complexity index is 1150. The minimum absolute atomic E-state index is 0.0362. The summed E-state index contributed by atoms with van der Waals surface area (Å²) in [5.74, 6) is 0.590.